The molecule has 1 fully saturated rings. The van der Waals surface area contributed by atoms with E-state index in [0.29, 0.717) is 6.54 Å². The van der Waals surface area contributed by atoms with E-state index in [1.54, 1.807) is 0 Å². The van der Waals surface area contributed by atoms with E-state index in [2.05, 4.69) is 53.0 Å². The van der Waals surface area contributed by atoms with Gasteiger partial charge in [0.15, 0.2) is 0 Å². The van der Waals surface area contributed by atoms with Gasteiger partial charge in [-0.2, -0.15) is 5.10 Å². The Balaban J connectivity index is 1.37. The zero-order valence-corrected chi connectivity index (χ0v) is 16.6. The Morgan fingerprint density at radius 2 is 1.81 bits per heavy atom. The summed E-state index contributed by atoms with van der Waals surface area (Å²) in [4.78, 5) is 19.5. The quantitative estimate of drug-likeness (QED) is 0.835. The molecule has 0 saturated carbocycles. The monoisotopic (exact) mass is 367 g/mol. The van der Waals surface area contributed by atoms with Crippen LogP contribution in [0, 0.1) is 20.8 Å². The van der Waals surface area contributed by atoms with Crippen molar-refractivity contribution in [1.82, 2.24) is 14.7 Å². The molecule has 0 N–H and O–H groups in total. The summed E-state index contributed by atoms with van der Waals surface area (Å²) < 4.78 is 2.03. The molecule has 3 heterocycles. The van der Waals surface area contributed by atoms with Gasteiger partial charge in [-0.3, -0.25) is 4.79 Å². The lowest BCUT2D eigenvalue weighted by atomic mass is 10.1. The van der Waals surface area contributed by atoms with E-state index >= 15 is 0 Å². The molecule has 1 aromatic carbocycles. The van der Waals surface area contributed by atoms with Gasteiger partial charge >= 0.3 is 0 Å². The molecule has 0 spiro atoms. The Kier molecular flexibility index (Phi) is 4.81. The highest BCUT2D eigenvalue weighted by molar-refractivity contribution is 5.81. The fourth-order valence-corrected chi connectivity index (χ4v) is 4.18. The van der Waals surface area contributed by atoms with Crippen molar-refractivity contribution in [2.75, 3.05) is 49.1 Å². The number of benzene rings is 1. The molecule has 0 bridgehead atoms. The van der Waals surface area contributed by atoms with Crippen LogP contribution in [0.15, 0.2) is 24.3 Å². The van der Waals surface area contributed by atoms with E-state index in [1.165, 1.54) is 16.8 Å². The zero-order valence-electron chi connectivity index (χ0n) is 16.6. The van der Waals surface area contributed by atoms with Crippen molar-refractivity contribution >= 4 is 17.4 Å². The average molecular weight is 367 g/mol. The molecule has 6 heteroatoms. The number of anilines is 2. The highest BCUT2D eigenvalue weighted by atomic mass is 16.2. The van der Waals surface area contributed by atoms with Crippen LogP contribution in [0.1, 0.15) is 23.2 Å². The average Bonchev–Trinajstić information content (AvgIpc) is 3.05. The largest absolute Gasteiger partial charge is 0.368 e. The first-order valence-electron chi connectivity index (χ1n) is 9.91. The van der Waals surface area contributed by atoms with Crippen molar-refractivity contribution in [2.45, 2.75) is 33.7 Å². The first kappa shape index (κ1) is 17.9. The number of hydrogen-bond donors (Lipinski definition) is 0. The van der Waals surface area contributed by atoms with E-state index in [0.717, 1.165) is 57.2 Å². The topological polar surface area (TPSA) is 44.6 Å². The molecule has 1 amide bonds. The number of aryl methyl sites for hydroxylation is 3. The van der Waals surface area contributed by atoms with Gasteiger partial charge in [0.05, 0.1) is 12.2 Å². The molecule has 144 valence electrons. The summed E-state index contributed by atoms with van der Waals surface area (Å²) in [5.74, 6) is 1.31. The number of fused-ring (bicyclic) bond motifs is 1. The highest BCUT2D eigenvalue weighted by Gasteiger charge is 2.26. The molecule has 2 aliphatic heterocycles. The number of carbonyl (C=O) groups is 1. The second-order valence-electron chi connectivity index (χ2n) is 7.73. The second kappa shape index (κ2) is 7.25. The predicted molar refractivity (Wildman–Crippen MR) is 109 cm³/mol. The standard InChI is InChI=1S/C21H29N5O/c1-16-6-4-7-19(18(16)3)23-10-12-24(13-11-23)21(27)15-25-8-5-9-26-20(25)14-17(2)22-26/h4,6-7,14H,5,8-13,15H2,1-3H3. The molecule has 4 rings (SSSR count). The maximum Gasteiger partial charge on any atom is 0.242 e. The number of hydrogen-bond acceptors (Lipinski definition) is 4. The van der Waals surface area contributed by atoms with Crippen LogP contribution >= 0.6 is 0 Å². The molecule has 0 unspecified atom stereocenters. The van der Waals surface area contributed by atoms with Gasteiger partial charge in [-0.25, -0.2) is 4.68 Å². The summed E-state index contributed by atoms with van der Waals surface area (Å²) >= 11 is 0. The van der Waals surface area contributed by atoms with E-state index in [4.69, 9.17) is 0 Å². The van der Waals surface area contributed by atoms with E-state index in [1.807, 2.05) is 16.5 Å². The molecule has 0 aliphatic carbocycles. The van der Waals surface area contributed by atoms with Crippen LogP contribution in [-0.4, -0.2) is 59.9 Å². The van der Waals surface area contributed by atoms with Crippen LogP contribution in [0.25, 0.3) is 0 Å². The number of aromatic nitrogens is 2. The van der Waals surface area contributed by atoms with Gasteiger partial charge in [-0.1, -0.05) is 12.1 Å². The van der Waals surface area contributed by atoms with Gasteiger partial charge in [0.2, 0.25) is 5.91 Å². The second-order valence-corrected chi connectivity index (χ2v) is 7.73. The van der Waals surface area contributed by atoms with Gasteiger partial charge < -0.3 is 14.7 Å². The third-order valence-electron chi connectivity index (χ3n) is 5.88. The number of nitrogens with zero attached hydrogens (tertiary/aromatic N) is 5. The van der Waals surface area contributed by atoms with E-state index in [-0.39, 0.29) is 5.91 Å². The van der Waals surface area contributed by atoms with Crippen molar-refractivity contribution in [3.05, 3.63) is 41.1 Å². The molecule has 2 aliphatic rings. The van der Waals surface area contributed by atoms with Crippen LogP contribution < -0.4 is 9.80 Å². The lowest BCUT2D eigenvalue weighted by molar-refractivity contribution is -0.130. The smallest absolute Gasteiger partial charge is 0.242 e. The molecule has 1 saturated heterocycles. The molecular formula is C21H29N5O. The zero-order chi connectivity index (χ0) is 19.0. The first-order valence-corrected chi connectivity index (χ1v) is 9.91. The lowest BCUT2D eigenvalue weighted by Gasteiger charge is -2.38. The number of carbonyl (C=O) groups excluding carboxylic acids is 1. The van der Waals surface area contributed by atoms with Crippen LogP contribution in [0.2, 0.25) is 0 Å². The Hall–Kier alpha value is -2.50. The summed E-state index contributed by atoms with van der Waals surface area (Å²) in [5, 5.41) is 4.52. The van der Waals surface area contributed by atoms with Gasteiger partial charge in [0.25, 0.3) is 0 Å². The van der Waals surface area contributed by atoms with E-state index < -0.39 is 0 Å². The molecule has 6 nitrogen and oxygen atoms in total. The third kappa shape index (κ3) is 3.53. The normalized spacial score (nSPS) is 17.2. The number of rotatable bonds is 3. The van der Waals surface area contributed by atoms with Gasteiger partial charge in [0, 0.05) is 51.0 Å². The minimum absolute atomic E-state index is 0.225. The van der Waals surface area contributed by atoms with Crippen LogP contribution in [0.4, 0.5) is 11.5 Å². The Labute approximate surface area is 161 Å². The fraction of sp³-hybridized carbons (Fsp3) is 0.524. The number of amides is 1. The first-order chi connectivity index (χ1) is 13.0. The van der Waals surface area contributed by atoms with E-state index in [9.17, 15) is 4.79 Å². The van der Waals surface area contributed by atoms with Crippen molar-refractivity contribution in [3.63, 3.8) is 0 Å². The summed E-state index contributed by atoms with van der Waals surface area (Å²) in [6.45, 7) is 12.1. The lowest BCUT2D eigenvalue weighted by Crippen LogP contribution is -2.52. The molecular weight excluding hydrogens is 338 g/mol. The summed E-state index contributed by atoms with van der Waals surface area (Å²) in [5.41, 5.74) is 4.99. The van der Waals surface area contributed by atoms with Crippen molar-refractivity contribution in [2.24, 2.45) is 0 Å². The molecule has 2 aromatic rings. The maximum absolute atomic E-state index is 12.9. The summed E-state index contributed by atoms with van der Waals surface area (Å²) in [6, 6.07) is 8.56. The third-order valence-corrected chi connectivity index (χ3v) is 5.88. The molecule has 0 atom stereocenters. The highest BCUT2D eigenvalue weighted by Crippen LogP contribution is 2.25. The molecule has 0 radical (unpaired) electrons. The van der Waals surface area contributed by atoms with Gasteiger partial charge in [0.1, 0.15) is 5.82 Å². The van der Waals surface area contributed by atoms with Crippen molar-refractivity contribution in [1.29, 1.82) is 0 Å². The Bertz CT molecular complexity index is 835. The predicted octanol–water partition coefficient (Wildman–Crippen LogP) is 2.37. The minimum atomic E-state index is 0.225. The Morgan fingerprint density at radius 3 is 2.59 bits per heavy atom. The molecule has 1 aromatic heterocycles. The Morgan fingerprint density at radius 1 is 1.04 bits per heavy atom. The van der Waals surface area contributed by atoms with Crippen molar-refractivity contribution < 1.29 is 4.79 Å². The minimum Gasteiger partial charge on any atom is -0.368 e. The fourth-order valence-electron chi connectivity index (χ4n) is 4.18. The van der Waals surface area contributed by atoms with Crippen LogP contribution in [0.3, 0.4) is 0 Å². The summed E-state index contributed by atoms with van der Waals surface area (Å²) in [7, 11) is 0. The van der Waals surface area contributed by atoms with Gasteiger partial charge in [-0.05, 0) is 44.4 Å². The SMILES string of the molecule is Cc1cc2n(n1)CCCN2CC(=O)N1CCN(c2cccc(C)c2C)CC1. The van der Waals surface area contributed by atoms with Crippen molar-refractivity contribution in [3.8, 4) is 0 Å². The van der Waals surface area contributed by atoms with Gasteiger partial charge in [-0.15, -0.1) is 0 Å². The molecule has 27 heavy (non-hydrogen) atoms. The van der Waals surface area contributed by atoms with Crippen LogP contribution in [0.5, 0.6) is 0 Å². The maximum atomic E-state index is 12.9. The van der Waals surface area contributed by atoms with Crippen LogP contribution in [-0.2, 0) is 11.3 Å². The summed E-state index contributed by atoms with van der Waals surface area (Å²) in [6.07, 6.45) is 1.04. The number of piperazine rings is 1.